The van der Waals surface area contributed by atoms with Crippen molar-refractivity contribution in [2.45, 2.75) is 78.0 Å². The van der Waals surface area contributed by atoms with Crippen LogP contribution in [0.25, 0.3) is 0 Å². The summed E-state index contributed by atoms with van der Waals surface area (Å²) < 4.78 is 0. The van der Waals surface area contributed by atoms with Crippen molar-refractivity contribution >= 4 is 47.8 Å². The number of aromatic nitrogens is 4. The molecule has 290 valence electrons. The van der Waals surface area contributed by atoms with Crippen molar-refractivity contribution in [3.05, 3.63) is 71.3 Å². The van der Waals surface area contributed by atoms with E-state index in [4.69, 9.17) is 0 Å². The third kappa shape index (κ3) is 13.7. The molecular weight excluding hydrogens is 708 g/mol. The highest BCUT2D eigenvalue weighted by Crippen LogP contribution is 2.11. The number of benzene rings is 1. The van der Waals surface area contributed by atoms with Gasteiger partial charge in [-0.05, 0) is 43.6 Å². The minimum absolute atomic E-state index is 0. The molecule has 0 unspecified atom stereocenters. The number of hydrogen-bond donors (Lipinski definition) is 9. The highest BCUT2D eigenvalue weighted by Gasteiger charge is 2.29. The summed E-state index contributed by atoms with van der Waals surface area (Å²) in [6.45, 7) is 9.84. The Bertz CT molecular complexity index is 1680. The lowest BCUT2D eigenvalue weighted by Crippen LogP contribution is -2.60. The van der Waals surface area contributed by atoms with Gasteiger partial charge in [-0.25, -0.2) is 14.8 Å². The van der Waals surface area contributed by atoms with Crippen LogP contribution in [0.3, 0.4) is 0 Å². The average Bonchev–Trinajstić information content (AvgIpc) is 3.78. The number of imidazole rings is 2. The van der Waals surface area contributed by atoms with Crippen LogP contribution in [0, 0.1) is 11.8 Å². The first kappa shape index (κ1) is 44.0. The molecule has 1 aromatic carbocycles. The molecule has 53 heavy (non-hydrogen) atoms. The molecule has 3 rings (SSSR count). The van der Waals surface area contributed by atoms with Gasteiger partial charge in [0, 0.05) is 12.6 Å². The first-order valence-electron chi connectivity index (χ1n) is 17.3. The van der Waals surface area contributed by atoms with Gasteiger partial charge in [0.25, 0.3) is 23.6 Å². The van der Waals surface area contributed by atoms with Crippen molar-refractivity contribution in [3.63, 3.8) is 0 Å². The number of quaternary nitrogens is 1. The number of carboxylic acids is 1. The van der Waals surface area contributed by atoms with Gasteiger partial charge in [-0.3, -0.25) is 24.0 Å². The molecular formula is C35H52ClN10O7+. The number of hydrogen-bond acceptors (Lipinski definition) is 9. The van der Waals surface area contributed by atoms with Gasteiger partial charge < -0.3 is 47.4 Å². The lowest BCUT2D eigenvalue weighted by Gasteiger charge is -2.20. The topological polar surface area (TPSA) is 268 Å². The van der Waals surface area contributed by atoms with Crippen LogP contribution in [0.4, 0.5) is 0 Å². The Labute approximate surface area is 314 Å². The molecule has 2 heterocycles. The van der Waals surface area contributed by atoms with Gasteiger partial charge in [-0.2, -0.15) is 0 Å². The normalized spacial score (nSPS) is 13.3. The predicted molar refractivity (Wildman–Crippen MR) is 197 cm³/mol. The number of aromatic amines is 2. The highest BCUT2D eigenvalue weighted by molar-refractivity contribution is 6.06. The number of H-pyrrole nitrogens is 2. The lowest BCUT2D eigenvalue weighted by molar-refractivity contribution is -0.373. The fourth-order valence-electron chi connectivity index (χ4n) is 5.48. The molecule has 4 amide bonds. The maximum Gasteiger partial charge on any atom is 0.326 e. The molecule has 18 heteroatoms. The van der Waals surface area contributed by atoms with Gasteiger partial charge >= 0.3 is 5.97 Å². The third-order valence-corrected chi connectivity index (χ3v) is 8.02. The van der Waals surface area contributed by atoms with Crippen LogP contribution < -0.4 is 32.3 Å². The Hall–Kier alpha value is -5.13. The second-order valence-electron chi connectivity index (χ2n) is 13.5. The maximum absolute atomic E-state index is 13.5. The summed E-state index contributed by atoms with van der Waals surface area (Å²) in [5.74, 6) is -3.88. The number of halogens is 1. The molecule has 0 fully saturated rings. The number of carboxylic acid groups (broad SMARTS) is 1. The smallest absolute Gasteiger partial charge is 0.326 e. The summed E-state index contributed by atoms with van der Waals surface area (Å²) in [4.78, 5) is 90.7. The van der Waals surface area contributed by atoms with Gasteiger partial charge in [0.2, 0.25) is 0 Å². The molecule has 0 aliphatic rings. The lowest BCUT2D eigenvalue weighted by atomic mass is 10.0. The van der Waals surface area contributed by atoms with Crippen molar-refractivity contribution in [1.82, 2.24) is 46.5 Å². The minimum Gasteiger partial charge on any atom is -0.480 e. The van der Waals surface area contributed by atoms with E-state index in [1.807, 2.05) is 58.0 Å². The summed E-state index contributed by atoms with van der Waals surface area (Å²) in [5, 5.41) is 23.2. The molecule has 0 aliphatic heterocycles. The second kappa shape index (κ2) is 21.4. The van der Waals surface area contributed by atoms with Gasteiger partial charge in [0.05, 0.1) is 37.8 Å². The van der Waals surface area contributed by atoms with E-state index in [0.29, 0.717) is 18.9 Å². The number of Topliss-reactive ketones (excluding diaryl/α,β-unsaturated/α-hetero) is 1. The number of nitrogens with one attached hydrogen (secondary N) is 7. The minimum atomic E-state index is -1.19. The number of amides is 4. The van der Waals surface area contributed by atoms with E-state index in [1.54, 1.807) is 6.92 Å². The molecule has 0 bridgehead atoms. The molecule has 2 aromatic heterocycles. The summed E-state index contributed by atoms with van der Waals surface area (Å²) in [7, 11) is 0. The van der Waals surface area contributed by atoms with E-state index >= 15 is 0 Å². The summed E-state index contributed by atoms with van der Waals surface area (Å²) in [5.41, 5.74) is 4.13. The predicted octanol–water partition coefficient (Wildman–Crippen LogP) is 0.488. The standard InChI is InChI=1S/C35H50N10O7.ClH/c1-19(2)11-23(14-36)43-32(48)28-30(41-18-39-28)33(49)44-24(13-22-9-7-6-8-10-22)26(46)16-37-15-21(5)42-31(47)27-29(40-17-38-27)34(50)45-25(35(51)52)12-20(3)4;/h6-10,17-21,23-25,37H,11-16,36H2,1-5H3,(H,38,40)(H,39,41)(H,42,47)(H,43,48)(H,44,49)(H,45,50)(H,51,52);1H/p+1/t21-,23-,24-,25-;/m0./s1. The molecule has 3 aromatic rings. The van der Waals surface area contributed by atoms with E-state index in [2.05, 4.69) is 52.3 Å². The van der Waals surface area contributed by atoms with Crippen molar-refractivity contribution in [3.8, 4) is 0 Å². The number of carbonyl (C=O) groups excluding carboxylic acids is 5. The molecule has 0 radical (unpaired) electrons. The van der Waals surface area contributed by atoms with Crippen molar-refractivity contribution in [2.24, 2.45) is 11.8 Å². The zero-order chi connectivity index (χ0) is 38.4. The monoisotopic (exact) mass is 759 g/mol. The van der Waals surface area contributed by atoms with Crippen LogP contribution >= 0.6 is 12.4 Å². The average molecular weight is 760 g/mol. The molecule has 11 N–H and O–H groups in total. The SMILES string of the molecule is CC(C)C[C@@H](C[NH3+])NC(=O)c1nc[nH]c1C(=O)N[C@@H](Cc1ccccc1)C(=O)CNC[C@H](C)NC(=O)c1nc[nH]c1C(=O)N[C@@H](CC(C)C)C(=O)O.Cl. The van der Waals surface area contributed by atoms with Crippen molar-refractivity contribution < 1.29 is 39.6 Å². The fourth-order valence-corrected chi connectivity index (χ4v) is 5.48. The number of nitrogens with zero attached hydrogens (tertiary/aromatic N) is 2. The van der Waals surface area contributed by atoms with Gasteiger partial charge in [-0.15, -0.1) is 12.4 Å². The molecule has 0 spiro atoms. The van der Waals surface area contributed by atoms with Crippen LogP contribution in [-0.4, -0.2) is 104 Å². The second-order valence-corrected chi connectivity index (χ2v) is 13.5. The number of aliphatic carboxylic acids is 1. The summed E-state index contributed by atoms with van der Waals surface area (Å²) in [6.07, 6.45) is 3.49. The summed E-state index contributed by atoms with van der Waals surface area (Å²) in [6, 6.07) is 6.28. The quantitative estimate of drug-likeness (QED) is 0.0725. The maximum atomic E-state index is 13.5. The van der Waals surface area contributed by atoms with E-state index in [-0.39, 0.29) is 78.9 Å². The van der Waals surface area contributed by atoms with Gasteiger partial charge in [0.1, 0.15) is 17.4 Å². The first-order chi connectivity index (χ1) is 24.7. The molecule has 4 atom stereocenters. The first-order valence-corrected chi connectivity index (χ1v) is 17.3. The van der Waals surface area contributed by atoms with Crippen LogP contribution in [0.5, 0.6) is 0 Å². The largest absolute Gasteiger partial charge is 0.480 e. The Morgan fingerprint density at radius 1 is 0.736 bits per heavy atom. The van der Waals surface area contributed by atoms with Crippen molar-refractivity contribution in [1.29, 1.82) is 0 Å². The van der Waals surface area contributed by atoms with Crippen LogP contribution in [0.1, 0.15) is 95.0 Å². The Balaban J connectivity index is 0.00000972. The van der Waals surface area contributed by atoms with Gasteiger partial charge in [0.15, 0.2) is 17.2 Å². The summed E-state index contributed by atoms with van der Waals surface area (Å²) >= 11 is 0. The third-order valence-electron chi connectivity index (χ3n) is 8.02. The Morgan fingerprint density at radius 2 is 1.26 bits per heavy atom. The zero-order valence-corrected chi connectivity index (χ0v) is 31.5. The number of ketones is 1. The Morgan fingerprint density at radius 3 is 1.77 bits per heavy atom. The fraction of sp³-hybridized carbons (Fsp3) is 0.486. The zero-order valence-electron chi connectivity index (χ0n) is 30.7. The molecule has 0 saturated heterocycles. The molecule has 0 saturated carbocycles. The molecule has 17 nitrogen and oxygen atoms in total. The molecule has 0 aliphatic carbocycles. The van der Waals surface area contributed by atoms with Crippen LogP contribution in [-0.2, 0) is 16.0 Å². The van der Waals surface area contributed by atoms with Crippen molar-refractivity contribution in [2.75, 3.05) is 19.6 Å². The number of carbonyl (C=O) groups is 6. The van der Waals surface area contributed by atoms with E-state index in [1.165, 1.54) is 6.33 Å². The Kier molecular flexibility index (Phi) is 17.8. The van der Waals surface area contributed by atoms with E-state index < -0.39 is 47.7 Å². The van der Waals surface area contributed by atoms with E-state index in [9.17, 15) is 33.9 Å². The van der Waals surface area contributed by atoms with Crippen LogP contribution in [0.15, 0.2) is 43.0 Å². The highest BCUT2D eigenvalue weighted by atomic mass is 35.5. The van der Waals surface area contributed by atoms with Crippen LogP contribution in [0.2, 0.25) is 0 Å². The van der Waals surface area contributed by atoms with E-state index in [0.717, 1.165) is 11.9 Å². The number of rotatable bonds is 21. The van der Waals surface area contributed by atoms with Gasteiger partial charge in [-0.1, -0.05) is 58.0 Å².